The molecule has 2 aromatic rings. The van der Waals surface area contributed by atoms with Crippen molar-refractivity contribution in [1.82, 2.24) is 0 Å². The first-order chi connectivity index (χ1) is 12.6. The van der Waals surface area contributed by atoms with Gasteiger partial charge in [-0.1, -0.05) is 0 Å². The maximum Gasteiger partial charge on any atom is 0.471 e. The molecule has 0 bridgehead atoms. The Hall–Kier alpha value is -2.88. The van der Waals surface area contributed by atoms with Crippen molar-refractivity contribution in [3.8, 4) is 0 Å². The molecule has 11 heteroatoms. The average molecular weight is 403 g/mol. The van der Waals surface area contributed by atoms with Crippen LogP contribution in [-0.4, -0.2) is 40.5 Å². The van der Waals surface area contributed by atoms with E-state index in [0.717, 1.165) is 18.2 Å². The second-order valence-electron chi connectivity index (χ2n) is 5.92. The number of carboxylic acids is 1. The molecule has 1 aliphatic heterocycles. The van der Waals surface area contributed by atoms with Gasteiger partial charge in [0.25, 0.3) is 5.69 Å². The van der Waals surface area contributed by atoms with E-state index in [2.05, 4.69) is 0 Å². The van der Waals surface area contributed by atoms with Crippen LogP contribution in [0.3, 0.4) is 0 Å². The fourth-order valence-electron chi connectivity index (χ4n) is 3.23. The van der Waals surface area contributed by atoms with Gasteiger partial charge in [0.1, 0.15) is 0 Å². The molecule has 0 saturated heterocycles. The van der Waals surface area contributed by atoms with Crippen molar-refractivity contribution in [3.05, 3.63) is 45.5 Å². The highest BCUT2D eigenvalue weighted by Crippen LogP contribution is 2.46. The first-order valence-corrected chi connectivity index (χ1v) is 8.02. The van der Waals surface area contributed by atoms with Crippen LogP contribution >= 0.6 is 11.6 Å². The highest BCUT2D eigenvalue weighted by molar-refractivity contribution is 6.19. The Morgan fingerprint density at radius 3 is 2.48 bits per heavy atom. The van der Waals surface area contributed by atoms with Crippen molar-refractivity contribution in [3.63, 3.8) is 0 Å². The van der Waals surface area contributed by atoms with Crippen LogP contribution < -0.4 is 4.90 Å². The summed E-state index contributed by atoms with van der Waals surface area (Å²) in [6, 6.07) is 4.42. The number of carbonyl (C=O) groups excluding carboxylic acids is 1. The zero-order valence-corrected chi connectivity index (χ0v) is 14.0. The van der Waals surface area contributed by atoms with Gasteiger partial charge in [-0.2, -0.15) is 13.2 Å². The Kier molecular flexibility index (Phi) is 4.46. The summed E-state index contributed by atoms with van der Waals surface area (Å²) in [5, 5.41) is 20.7. The van der Waals surface area contributed by atoms with Gasteiger partial charge in [0, 0.05) is 24.4 Å². The summed E-state index contributed by atoms with van der Waals surface area (Å²) < 4.78 is 38.8. The van der Waals surface area contributed by atoms with Crippen LogP contribution in [0.2, 0.25) is 0 Å². The number of nitrogens with zero attached hydrogens (tertiary/aromatic N) is 2. The van der Waals surface area contributed by atoms with Crippen LogP contribution in [0.25, 0.3) is 10.8 Å². The van der Waals surface area contributed by atoms with Gasteiger partial charge in [0.2, 0.25) is 0 Å². The SMILES string of the molecule is O=C(O)c1ccc2c([N+](=O)[O-])cc3c(c2c1)C(CCl)CN3C(=O)C(F)(F)F. The number of hydrogen-bond acceptors (Lipinski definition) is 4. The summed E-state index contributed by atoms with van der Waals surface area (Å²) >= 11 is 5.86. The Morgan fingerprint density at radius 1 is 1.30 bits per heavy atom. The van der Waals surface area contributed by atoms with Gasteiger partial charge in [-0.15, -0.1) is 11.6 Å². The molecule has 0 radical (unpaired) electrons. The predicted molar refractivity (Wildman–Crippen MR) is 89.4 cm³/mol. The number of aromatic carboxylic acids is 1. The quantitative estimate of drug-likeness (QED) is 0.479. The molecule has 3 rings (SSSR count). The largest absolute Gasteiger partial charge is 0.478 e. The lowest BCUT2D eigenvalue weighted by molar-refractivity contribution is -0.383. The fourth-order valence-corrected chi connectivity index (χ4v) is 3.48. The van der Waals surface area contributed by atoms with Crippen molar-refractivity contribution < 1.29 is 32.8 Å². The van der Waals surface area contributed by atoms with E-state index in [0.29, 0.717) is 4.90 Å². The molecule has 7 nitrogen and oxygen atoms in total. The molecule has 0 spiro atoms. The first-order valence-electron chi connectivity index (χ1n) is 7.49. The Morgan fingerprint density at radius 2 is 1.96 bits per heavy atom. The number of fused-ring (bicyclic) bond motifs is 3. The maximum absolute atomic E-state index is 12.9. The minimum absolute atomic E-state index is 0.0557. The van der Waals surface area contributed by atoms with Crippen LogP contribution in [-0.2, 0) is 4.79 Å². The molecule has 0 fully saturated rings. The number of anilines is 1. The fraction of sp³-hybridized carbons (Fsp3) is 0.250. The highest BCUT2D eigenvalue weighted by atomic mass is 35.5. The maximum atomic E-state index is 12.9. The molecule has 1 heterocycles. The number of benzene rings is 2. The molecular formula is C16H10ClF3N2O5. The van der Waals surface area contributed by atoms with Gasteiger partial charge in [-0.05, 0) is 29.1 Å². The minimum Gasteiger partial charge on any atom is -0.478 e. The van der Waals surface area contributed by atoms with E-state index in [-0.39, 0.29) is 33.5 Å². The number of non-ortho nitro benzene ring substituents is 1. The normalized spacial score (nSPS) is 16.4. The first kappa shape index (κ1) is 18.9. The molecule has 0 aliphatic carbocycles. The lowest BCUT2D eigenvalue weighted by Crippen LogP contribution is -2.40. The van der Waals surface area contributed by atoms with Gasteiger partial charge < -0.3 is 10.0 Å². The monoisotopic (exact) mass is 402 g/mol. The standard InChI is InChI=1S/C16H10ClF3N2O5/c17-5-8-6-21(15(25)16(18,19)20)12-4-11(22(26)27)9-2-1-7(14(23)24)3-10(9)13(8)12/h1-4,8H,5-6H2,(H,23,24). The van der Waals surface area contributed by atoms with E-state index >= 15 is 0 Å². The van der Waals surface area contributed by atoms with Crippen LogP contribution in [0.4, 0.5) is 24.5 Å². The third-order valence-corrected chi connectivity index (χ3v) is 4.73. The van der Waals surface area contributed by atoms with Crippen LogP contribution in [0, 0.1) is 10.1 Å². The Balaban J connectivity index is 2.37. The van der Waals surface area contributed by atoms with E-state index in [9.17, 15) is 32.9 Å². The Labute approximate surface area is 154 Å². The number of nitro benzene ring substituents is 1. The summed E-state index contributed by atoms with van der Waals surface area (Å²) in [6.07, 6.45) is -5.18. The number of halogens is 4. The van der Waals surface area contributed by atoms with Gasteiger partial charge in [-0.3, -0.25) is 14.9 Å². The number of amides is 1. The van der Waals surface area contributed by atoms with E-state index < -0.39 is 41.1 Å². The lowest BCUT2D eigenvalue weighted by Gasteiger charge is -2.19. The summed E-state index contributed by atoms with van der Waals surface area (Å²) in [7, 11) is 0. The topological polar surface area (TPSA) is 101 Å². The van der Waals surface area contributed by atoms with Crippen molar-refractivity contribution in [2.75, 3.05) is 17.3 Å². The van der Waals surface area contributed by atoms with Gasteiger partial charge >= 0.3 is 18.1 Å². The number of hydrogen-bond donors (Lipinski definition) is 1. The van der Waals surface area contributed by atoms with Crippen LogP contribution in [0.15, 0.2) is 24.3 Å². The number of carbonyl (C=O) groups is 2. The van der Waals surface area contributed by atoms with Gasteiger partial charge in [0.05, 0.1) is 21.6 Å². The predicted octanol–water partition coefficient (Wildman–Crippen LogP) is 3.68. The molecule has 142 valence electrons. The van der Waals surface area contributed by atoms with Crippen molar-refractivity contribution in [2.45, 2.75) is 12.1 Å². The molecule has 1 aliphatic rings. The van der Waals surface area contributed by atoms with E-state index in [1.807, 2.05) is 0 Å². The second-order valence-corrected chi connectivity index (χ2v) is 6.22. The molecule has 0 saturated carbocycles. The van der Waals surface area contributed by atoms with Gasteiger partial charge in [-0.25, -0.2) is 4.79 Å². The number of rotatable bonds is 3. The number of nitro groups is 1. The molecule has 1 amide bonds. The molecule has 27 heavy (non-hydrogen) atoms. The molecule has 1 N–H and O–H groups in total. The van der Waals surface area contributed by atoms with Crippen molar-refractivity contribution >= 4 is 45.6 Å². The minimum atomic E-state index is -5.18. The zero-order valence-electron chi connectivity index (χ0n) is 13.3. The third kappa shape index (κ3) is 3.05. The van der Waals surface area contributed by atoms with E-state index in [1.165, 1.54) is 6.07 Å². The van der Waals surface area contributed by atoms with Crippen LogP contribution in [0.5, 0.6) is 0 Å². The Bertz CT molecular complexity index is 992. The average Bonchev–Trinajstić information content (AvgIpc) is 2.97. The third-order valence-electron chi connectivity index (χ3n) is 4.35. The molecule has 1 atom stereocenters. The lowest BCUT2D eigenvalue weighted by atomic mass is 9.93. The van der Waals surface area contributed by atoms with Gasteiger partial charge in [0.15, 0.2) is 0 Å². The molecule has 1 unspecified atom stereocenters. The number of alkyl halides is 4. The van der Waals surface area contributed by atoms with Crippen molar-refractivity contribution in [2.24, 2.45) is 0 Å². The number of carboxylic acid groups (broad SMARTS) is 1. The smallest absolute Gasteiger partial charge is 0.471 e. The van der Waals surface area contributed by atoms with E-state index in [4.69, 9.17) is 16.7 Å². The summed E-state index contributed by atoms with van der Waals surface area (Å²) in [5.41, 5.74) is -0.828. The molecule has 2 aromatic carbocycles. The second kappa shape index (κ2) is 6.38. The summed E-state index contributed by atoms with van der Waals surface area (Å²) in [4.78, 5) is 34.0. The van der Waals surface area contributed by atoms with E-state index in [1.54, 1.807) is 0 Å². The van der Waals surface area contributed by atoms with Crippen molar-refractivity contribution in [1.29, 1.82) is 0 Å². The molecule has 0 aromatic heterocycles. The summed E-state index contributed by atoms with van der Waals surface area (Å²) in [6.45, 7) is -0.412. The molecular weight excluding hydrogens is 393 g/mol. The summed E-state index contributed by atoms with van der Waals surface area (Å²) in [5.74, 6) is -4.36. The highest BCUT2D eigenvalue weighted by Gasteiger charge is 2.47. The zero-order chi connectivity index (χ0) is 20.1. The van der Waals surface area contributed by atoms with Crippen LogP contribution in [0.1, 0.15) is 21.8 Å².